The molecule has 1 aromatic heterocycles. The molecular weight excluding hydrogens is 392 g/mol. The Morgan fingerprint density at radius 1 is 0.962 bits per heavy atom. The predicted octanol–water partition coefficient (Wildman–Crippen LogP) is 5.58. The molecule has 4 rings (SSSR count). The maximum atomic E-state index is 6.02. The normalized spacial score (nSPS) is 10.8. The van der Waals surface area contributed by atoms with Crippen molar-refractivity contribution < 1.29 is 9.47 Å². The molecule has 0 saturated heterocycles. The standard InChI is InChI=1S/C21H17BrN2O2/c1-25-19-10-9-15(21-23-17-7-2-3-8-18(17)24-21)12-20(19)26-13-14-5-4-6-16(22)11-14/h2-12H,13H2,1H3,(H,23,24). The van der Waals surface area contributed by atoms with Crippen LogP contribution in [0.4, 0.5) is 0 Å². The molecule has 0 radical (unpaired) electrons. The molecule has 1 N–H and O–H groups in total. The Kier molecular flexibility index (Phi) is 4.63. The third-order valence-electron chi connectivity index (χ3n) is 4.11. The van der Waals surface area contributed by atoms with Crippen molar-refractivity contribution in [2.24, 2.45) is 0 Å². The van der Waals surface area contributed by atoms with Gasteiger partial charge in [-0.1, -0.05) is 40.2 Å². The summed E-state index contributed by atoms with van der Waals surface area (Å²) in [6.45, 7) is 0.458. The van der Waals surface area contributed by atoms with E-state index in [4.69, 9.17) is 9.47 Å². The van der Waals surface area contributed by atoms with Crippen molar-refractivity contribution in [3.8, 4) is 22.9 Å². The summed E-state index contributed by atoms with van der Waals surface area (Å²) in [4.78, 5) is 8.00. The molecule has 0 fully saturated rings. The molecule has 0 atom stereocenters. The van der Waals surface area contributed by atoms with Gasteiger partial charge in [-0.05, 0) is 48.0 Å². The number of nitrogens with zero attached hydrogens (tertiary/aromatic N) is 1. The zero-order valence-corrected chi connectivity index (χ0v) is 15.8. The molecule has 130 valence electrons. The molecule has 26 heavy (non-hydrogen) atoms. The number of rotatable bonds is 5. The number of nitrogens with one attached hydrogen (secondary N) is 1. The van der Waals surface area contributed by atoms with Crippen LogP contribution in [0, 0.1) is 0 Å². The van der Waals surface area contributed by atoms with Gasteiger partial charge in [0.25, 0.3) is 0 Å². The van der Waals surface area contributed by atoms with Crippen molar-refractivity contribution in [2.45, 2.75) is 6.61 Å². The SMILES string of the molecule is COc1ccc(-c2nc3ccccc3[nH]2)cc1OCc1cccc(Br)c1. The molecule has 0 aliphatic heterocycles. The van der Waals surface area contributed by atoms with Crippen LogP contribution >= 0.6 is 15.9 Å². The summed E-state index contributed by atoms with van der Waals surface area (Å²) in [5, 5.41) is 0. The smallest absolute Gasteiger partial charge is 0.162 e. The number of ether oxygens (including phenoxy) is 2. The van der Waals surface area contributed by atoms with Crippen LogP contribution in [0.15, 0.2) is 71.2 Å². The second-order valence-corrected chi connectivity index (χ2v) is 6.80. The molecular formula is C21H17BrN2O2. The molecule has 0 bridgehead atoms. The molecule has 0 spiro atoms. The summed E-state index contributed by atoms with van der Waals surface area (Å²) in [6, 6.07) is 21.9. The molecule has 0 aliphatic rings. The minimum absolute atomic E-state index is 0.458. The summed E-state index contributed by atoms with van der Waals surface area (Å²) in [6.07, 6.45) is 0. The molecule has 3 aromatic carbocycles. The van der Waals surface area contributed by atoms with Crippen molar-refractivity contribution in [3.63, 3.8) is 0 Å². The average molecular weight is 409 g/mol. The highest BCUT2D eigenvalue weighted by Crippen LogP contribution is 2.33. The summed E-state index contributed by atoms with van der Waals surface area (Å²) >= 11 is 3.48. The quantitative estimate of drug-likeness (QED) is 0.468. The van der Waals surface area contributed by atoms with Crippen molar-refractivity contribution in [2.75, 3.05) is 7.11 Å². The summed E-state index contributed by atoms with van der Waals surface area (Å²) in [5.74, 6) is 2.19. The van der Waals surface area contributed by atoms with Gasteiger partial charge in [0, 0.05) is 10.0 Å². The molecule has 4 aromatic rings. The number of H-pyrrole nitrogens is 1. The van der Waals surface area contributed by atoms with Crippen LogP contribution in [0.5, 0.6) is 11.5 Å². The van der Waals surface area contributed by atoms with Gasteiger partial charge >= 0.3 is 0 Å². The van der Waals surface area contributed by atoms with Gasteiger partial charge in [0.2, 0.25) is 0 Å². The van der Waals surface area contributed by atoms with E-state index < -0.39 is 0 Å². The third-order valence-corrected chi connectivity index (χ3v) is 4.60. The van der Waals surface area contributed by atoms with Gasteiger partial charge in [0.1, 0.15) is 12.4 Å². The van der Waals surface area contributed by atoms with Crippen LogP contribution in [0.2, 0.25) is 0 Å². The van der Waals surface area contributed by atoms with Crippen molar-refractivity contribution in [1.29, 1.82) is 0 Å². The lowest BCUT2D eigenvalue weighted by Gasteiger charge is -2.12. The number of benzene rings is 3. The average Bonchev–Trinajstić information content (AvgIpc) is 3.10. The number of hydrogen-bond donors (Lipinski definition) is 1. The van der Waals surface area contributed by atoms with Gasteiger partial charge in [-0.2, -0.15) is 0 Å². The van der Waals surface area contributed by atoms with Gasteiger partial charge in [0.15, 0.2) is 11.5 Å². The number of halogens is 1. The Morgan fingerprint density at radius 3 is 2.65 bits per heavy atom. The van der Waals surface area contributed by atoms with Crippen molar-refractivity contribution >= 4 is 27.0 Å². The fourth-order valence-electron chi connectivity index (χ4n) is 2.81. The lowest BCUT2D eigenvalue weighted by atomic mass is 10.2. The summed E-state index contributed by atoms with van der Waals surface area (Å²) in [7, 11) is 1.64. The van der Waals surface area contributed by atoms with Crippen LogP contribution < -0.4 is 9.47 Å². The maximum absolute atomic E-state index is 6.02. The molecule has 0 aliphatic carbocycles. The number of imidazole rings is 1. The van der Waals surface area contributed by atoms with Gasteiger partial charge in [-0.15, -0.1) is 0 Å². The predicted molar refractivity (Wildman–Crippen MR) is 107 cm³/mol. The molecule has 1 heterocycles. The Balaban J connectivity index is 1.64. The van der Waals surface area contributed by atoms with E-state index in [1.165, 1.54) is 0 Å². The second-order valence-electron chi connectivity index (χ2n) is 5.89. The van der Waals surface area contributed by atoms with Crippen LogP contribution in [0.3, 0.4) is 0 Å². The van der Waals surface area contributed by atoms with Crippen LogP contribution in [-0.2, 0) is 6.61 Å². The topological polar surface area (TPSA) is 47.1 Å². The highest BCUT2D eigenvalue weighted by atomic mass is 79.9. The number of hydrogen-bond acceptors (Lipinski definition) is 3. The molecule has 5 heteroatoms. The van der Waals surface area contributed by atoms with E-state index in [9.17, 15) is 0 Å². The number of fused-ring (bicyclic) bond motifs is 1. The first-order valence-corrected chi connectivity index (χ1v) is 9.02. The fraction of sp³-hybridized carbons (Fsp3) is 0.0952. The van der Waals surface area contributed by atoms with E-state index in [0.29, 0.717) is 18.1 Å². The first kappa shape index (κ1) is 16.7. The van der Waals surface area contributed by atoms with E-state index in [0.717, 1.165) is 32.5 Å². The monoisotopic (exact) mass is 408 g/mol. The van der Waals surface area contributed by atoms with E-state index in [2.05, 4.69) is 25.9 Å². The first-order chi connectivity index (χ1) is 12.7. The lowest BCUT2D eigenvalue weighted by molar-refractivity contribution is 0.284. The van der Waals surface area contributed by atoms with Crippen LogP contribution in [0.1, 0.15) is 5.56 Å². The first-order valence-electron chi connectivity index (χ1n) is 8.23. The van der Waals surface area contributed by atoms with Gasteiger partial charge in [-0.25, -0.2) is 4.98 Å². The van der Waals surface area contributed by atoms with Gasteiger partial charge < -0.3 is 14.5 Å². The number of para-hydroxylation sites is 2. The number of aromatic amines is 1. The molecule has 0 unspecified atom stereocenters. The van der Waals surface area contributed by atoms with Gasteiger partial charge in [-0.3, -0.25) is 0 Å². The zero-order chi connectivity index (χ0) is 17.9. The van der Waals surface area contributed by atoms with Gasteiger partial charge in [0.05, 0.1) is 18.1 Å². The molecule has 4 nitrogen and oxygen atoms in total. The van der Waals surface area contributed by atoms with E-state index in [1.54, 1.807) is 7.11 Å². The van der Waals surface area contributed by atoms with Crippen LogP contribution in [-0.4, -0.2) is 17.1 Å². The minimum Gasteiger partial charge on any atom is -0.493 e. The fourth-order valence-corrected chi connectivity index (χ4v) is 3.26. The van der Waals surface area contributed by atoms with E-state index >= 15 is 0 Å². The minimum atomic E-state index is 0.458. The third kappa shape index (κ3) is 3.44. The molecule has 0 amide bonds. The highest BCUT2D eigenvalue weighted by Gasteiger charge is 2.11. The van der Waals surface area contributed by atoms with Crippen LogP contribution in [0.25, 0.3) is 22.4 Å². The Hall–Kier alpha value is -2.79. The lowest BCUT2D eigenvalue weighted by Crippen LogP contribution is -1.98. The largest absolute Gasteiger partial charge is 0.493 e. The maximum Gasteiger partial charge on any atom is 0.162 e. The number of aromatic nitrogens is 2. The summed E-state index contributed by atoms with van der Waals surface area (Å²) < 4.78 is 12.5. The Morgan fingerprint density at radius 2 is 1.85 bits per heavy atom. The molecule has 0 saturated carbocycles. The Bertz CT molecular complexity index is 1030. The van der Waals surface area contributed by atoms with E-state index in [-0.39, 0.29) is 0 Å². The van der Waals surface area contributed by atoms with Crippen molar-refractivity contribution in [3.05, 3.63) is 76.8 Å². The zero-order valence-electron chi connectivity index (χ0n) is 14.2. The Labute approximate surface area is 159 Å². The highest BCUT2D eigenvalue weighted by molar-refractivity contribution is 9.10. The van der Waals surface area contributed by atoms with Crippen molar-refractivity contribution in [1.82, 2.24) is 9.97 Å². The number of methoxy groups -OCH3 is 1. The van der Waals surface area contributed by atoms with E-state index in [1.807, 2.05) is 66.7 Å². The summed E-state index contributed by atoms with van der Waals surface area (Å²) in [5.41, 5.74) is 3.98. The second kappa shape index (κ2) is 7.22.